The lowest BCUT2D eigenvalue weighted by Crippen LogP contribution is -2.31. The molecular formula is C16H21N3O2S. The molecule has 1 aromatic carbocycles. The molecule has 0 fully saturated rings. The minimum atomic E-state index is -3.60. The molecule has 1 aromatic heterocycles. The highest BCUT2D eigenvalue weighted by Crippen LogP contribution is 2.35. The van der Waals surface area contributed by atoms with Crippen LogP contribution in [0, 0.1) is 0 Å². The molecule has 0 spiro atoms. The third kappa shape index (κ3) is 2.31. The van der Waals surface area contributed by atoms with Crippen LogP contribution in [0.5, 0.6) is 0 Å². The maximum Gasteiger partial charge on any atom is 0.267 e. The third-order valence-corrected chi connectivity index (χ3v) is 5.73. The summed E-state index contributed by atoms with van der Waals surface area (Å²) in [6.07, 6.45) is 2.36. The fourth-order valence-electron chi connectivity index (χ4n) is 2.85. The predicted molar refractivity (Wildman–Crippen MR) is 86.6 cm³/mol. The molecule has 0 aliphatic carbocycles. The Kier molecular flexibility index (Phi) is 3.32. The fraction of sp³-hybridized carbons (Fsp3) is 0.438. The summed E-state index contributed by atoms with van der Waals surface area (Å²) >= 11 is 0. The van der Waals surface area contributed by atoms with Crippen LogP contribution in [0.3, 0.4) is 0 Å². The van der Waals surface area contributed by atoms with Crippen molar-refractivity contribution in [1.29, 1.82) is 0 Å². The Hall–Kier alpha value is -1.82. The van der Waals surface area contributed by atoms with Crippen molar-refractivity contribution in [3.63, 3.8) is 0 Å². The predicted octanol–water partition coefficient (Wildman–Crippen LogP) is 2.47. The molecule has 0 saturated heterocycles. The van der Waals surface area contributed by atoms with Gasteiger partial charge in [0.15, 0.2) is 0 Å². The number of para-hydroxylation sites is 1. The number of aromatic nitrogens is 2. The smallest absolute Gasteiger partial charge is 0.267 e. The summed E-state index contributed by atoms with van der Waals surface area (Å²) in [5.74, 6) is 0. The molecule has 1 aliphatic heterocycles. The lowest BCUT2D eigenvalue weighted by Gasteiger charge is -2.22. The number of fused-ring (bicyclic) bond motifs is 1. The summed E-state index contributed by atoms with van der Waals surface area (Å²) in [5, 5.41) is 4.39. The Morgan fingerprint density at radius 3 is 2.55 bits per heavy atom. The molecule has 118 valence electrons. The SMILES string of the molecule is Cn1cc(S(=O)(=O)N2CCc3ccccc32)c(C(C)(C)C)n1. The van der Waals surface area contributed by atoms with Crippen LogP contribution in [0.2, 0.25) is 0 Å². The van der Waals surface area contributed by atoms with Gasteiger partial charge in [-0.05, 0) is 18.1 Å². The van der Waals surface area contributed by atoms with E-state index in [1.165, 1.54) is 4.31 Å². The molecule has 0 bridgehead atoms. The largest absolute Gasteiger partial charge is 0.274 e. The molecule has 0 saturated carbocycles. The van der Waals surface area contributed by atoms with Crippen molar-refractivity contribution in [2.24, 2.45) is 7.05 Å². The maximum absolute atomic E-state index is 13.2. The molecule has 3 rings (SSSR count). The summed E-state index contributed by atoms with van der Waals surface area (Å²) in [6.45, 7) is 6.42. The van der Waals surface area contributed by atoms with Gasteiger partial charge in [-0.15, -0.1) is 0 Å². The lowest BCUT2D eigenvalue weighted by molar-refractivity contribution is 0.537. The second kappa shape index (κ2) is 4.84. The van der Waals surface area contributed by atoms with Crippen molar-refractivity contribution < 1.29 is 8.42 Å². The zero-order chi connectivity index (χ0) is 16.1. The zero-order valence-corrected chi connectivity index (χ0v) is 14.2. The van der Waals surface area contributed by atoms with Gasteiger partial charge in [0.1, 0.15) is 4.90 Å². The van der Waals surface area contributed by atoms with Crippen LogP contribution >= 0.6 is 0 Å². The zero-order valence-electron chi connectivity index (χ0n) is 13.4. The van der Waals surface area contributed by atoms with E-state index in [9.17, 15) is 8.42 Å². The molecule has 0 N–H and O–H groups in total. The highest BCUT2D eigenvalue weighted by molar-refractivity contribution is 7.93. The lowest BCUT2D eigenvalue weighted by atomic mass is 9.92. The van der Waals surface area contributed by atoms with Crippen molar-refractivity contribution in [3.05, 3.63) is 41.7 Å². The van der Waals surface area contributed by atoms with E-state index in [-0.39, 0.29) is 5.41 Å². The molecule has 0 amide bonds. The molecule has 5 nitrogen and oxygen atoms in total. The summed E-state index contributed by atoms with van der Waals surface area (Å²) in [5.41, 5.74) is 2.14. The average Bonchev–Trinajstić information content (AvgIpc) is 3.01. The average molecular weight is 319 g/mol. The molecular weight excluding hydrogens is 298 g/mol. The van der Waals surface area contributed by atoms with Crippen LogP contribution in [-0.2, 0) is 28.9 Å². The fourth-order valence-corrected chi connectivity index (χ4v) is 4.73. The summed E-state index contributed by atoms with van der Waals surface area (Å²) < 4.78 is 29.4. The number of hydrogen-bond acceptors (Lipinski definition) is 3. The second-order valence-electron chi connectivity index (χ2n) is 6.72. The highest BCUT2D eigenvalue weighted by Gasteiger charge is 2.36. The molecule has 2 heterocycles. The van der Waals surface area contributed by atoms with E-state index in [0.717, 1.165) is 17.7 Å². The van der Waals surface area contributed by atoms with E-state index >= 15 is 0 Å². The van der Waals surface area contributed by atoms with E-state index in [1.54, 1.807) is 17.9 Å². The molecule has 6 heteroatoms. The first kappa shape index (κ1) is 15.1. The summed E-state index contributed by atoms with van der Waals surface area (Å²) in [6, 6.07) is 7.67. The van der Waals surface area contributed by atoms with E-state index in [0.29, 0.717) is 17.1 Å². The molecule has 22 heavy (non-hydrogen) atoms. The Morgan fingerprint density at radius 2 is 1.86 bits per heavy atom. The highest BCUT2D eigenvalue weighted by atomic mass is 32.2. The minimum Gasteiger partial charge on any atom is -0.274 e. The number of nitrogens with zero attached hydrogens (tertiary/aromatic N) is 3. The van der Waals surface area contributed by atoms with E-state index in [4.69, 9.17) is 0 Å². The van der Waals surface area contributed by atoms with Gasteiger partial charge in [0, 0.05) is 25.2 Å². The van der Waals surface area contributed by atoms with Gasteiger partial charge < -0.3 is 0 Å². The Bertz CT molecular complexity index is 816. The Morgan fingerprint density at radius 1 is 1.18 bits per heavy atom. The Balaban J connectivity index is 2.13. The normalized spacial score (nSPS) is 15.2. The maximum atomic E-state index is 13.2. The molecule has 0 radical (unpaired) electrons. The quantitative estimate of drug-likeness (QED) is 0.854. The standard InChI is InChI=1S/C16H21N3O2S/c1-16(2,3)15-14(11-18(4)17-15)22(20,21)19-10-9-12-7-5-6-8-13(12)19/h5-8,11H,9-10H2,1-4H3. The van der Waals surface area contributed by atoms with E-state index in [2.05, 4.69) is 5.10 Å². The van der Waals surface area contributed by atoms with Crippen molar-refractivity contribution in [2.75, 3.05) is 10.8 Å². The number of hydrogen-bond donors (Lipinski definition) is 0. The van der Waals surface area contributed by atoms with E-state index < -0.39 is 10.0 Å². The first-order chi connectivity index (χ1) is 10.2. The van der Waals surface area contributed by atoms with E-state index in [1.807, 2.05) is 45.0 Å². The molecule has 0 unspecified atom stereocenters. The minimum absolute atomic E-state index is 0.305. The van der Waals surface area contributed by atoms with Crippen molar-refractivity contribution in [1.82, 2.24) is 9.78 Å². The Labute approximate surface area is 131 Å². The summed E-state index contributed by atoms with van der Waals surface area (Å²) in [7, 11) is -1.84. The van der Waals surface area contributed by atoms with Crippen LogP contribution in [0.15, 0.2) is 35.4 Å². The number of aryl methyl sites for hydroxylation is 1. The molecule has 1 aliphatic rings. The second-order valence-corrected chi connectivity index (χ2v) is 8.55. The van der Waals surface area contributed by atoms with Gasteiger partial charge in [0.2, 0.25) is 0 Å². The van der Waals surface area contributed by atoms with Gasteiger partial charge in [0.25, 0.3) is 10.0 Å². The van der Waals surface area contributed by atoms with Crippen LogP contribution in [0.1, 0.15) is 32.0 Å². The monoisotopic (exact) mass is 319 g/mol. The topological polar surface area (TPSA) is 55.2 Å². The van der Waals surface area contributed by atoms with Gasteiger partial charge in [-0.25, -0.2) is 8.42 Å². The van der Waals surface area contributed by atoms with Crippen molar-refractivity contribution in [2.45, 2.75) is 37.5 Å². The first-order valence-electron chi connectivity index (χ1n) is 7.36. The molecule has 2 aromatic rings. The molecule has 0 atom stereocenters. The van der Waals surface area contributed by atoms with Gasteiger partial charge in [-0.2, -0.15) is 5.10 Å². The number of rotatable bonds is 2. The van der Waals surface area contributed by atoms with Gasteiger partial charge in [-0.1, -0.05) is 39.0 Å². The van der Waals surface area contributed by atoms with Gasteiger partial charge in [0.05, 0.1) is 11.4 Å². The van der Waals surface area contributed by atoms with Crippen molar-refractivity contribution >= 4 is 15.7 Å². The number of sulfonamides is 1. The van der Waals surface area contributed by atoms with Crippen molar-refractivity contribution in [3.8, 4) is 0 Å². The van der Waals surface area contributed by atoms with Gasteiger partial charge >= 0.3 is 0 Å². The first-order valence-corrected chi connectivity index (χ1v) is 8.80. The number of anilines is 1. The van der Waals surface area contributed by atoms with Crippen LogP contribution in [0.4, 0.5) is 5.69 Å². The van der Waals surface area contributed by atoms with Gasteiger partial charge in [-0.3, -0.25) is 8.99 Å². The van der Waals surface area contributed by atoms with Crippen LogP contribution in [0.25, 0.3) is 0 Å². The van der Waals surface area contributed by atoms with Crippen LogP contribution in [-0.4, -0.2) is 24.7 Å². The number of benzene rings is 1. The van der Waals surface area contributed by atoms with Crippen LogP contribution < -0.4 is 4.31 Å². The third-order valence-electron chi connectivity index (χ3n) is 3.92. The summed E-state index contributed by atoms with van der Waals surface area (Å²) in [4.78, 5) is 0.305.